The summed E-state index contributed by atoms with van der Waals surface area (Å²) in [5, 5.41) is 18.9. The lowest BCUT2D eigenvalue weighted by Crippen LogP contribution is -2.44. The van der Waals surface area contributed by atoms with E-state index in [0.29, 0.717) is 6.04 Å². The van der Waals surface area contributed by atoms with Crippen LogP contribution in [0, 0.1) is 0 Å². The second kappa shape index (κ2) is 2.44. The molecule has 2 fully saturated rings. The molecule has 2 heterocycles. The van der Waals surface area contributed by atoms with Crippen molar-refractivity contribution < 1.29 is 10.2 Å². The topological polar surface area (TPSA) is 43.7 Å². The molecule has 2 aliphatic rings. The van der Waals surface area contributed by atoms with E-state index in [2.05, 4.69) is 4.90 Å². The van der Waals surface area contributed by atoms with Crippen LogP contribution in [0.3, 0.4) is 0 Å². The van der Waals surface area contributed by atoms with Gasteiger partial charge in [0.2, 0.25) is 0 Å². The summed E-state index contributed by atoms with van der Waals surface area (Å²) in [4.78, 5) is 2.21. The van der Waals surface area contributed by atoms with Crippen molar-refractivity contribution in [1.29, 1.82) is 0 Å². The van der Waals surface area contributed by atoms with E-state index in [1.807, 2.05) is 7.05 Å². The van der Waals surface area contributed by atoms with Crippen molar-refractivity contribution in [1.82, 2.24) is 4.90 Å². The lowest BCUT2D eigenvalue weighted by Gasteiger charge is -2.34. The van der Waals surface area contributed by atoms with Gasteiger partial charge in [-0.2, -0.15) is 0 Å². The summed E-state index contributed by atoms with van der Waals surface area (Å²) in [7, 11) is 2.04. The molecule has 11 heavy (non-hydrogen) atoms. The van der Waals surface area contributed by atoms with E-state index in [0.717, 1.165) is 19.3 Å². The summed E-state index contributed by atoms with van der Waals surface area (Å²) in [6, 6.07) is 0.627. The summed E-state index contributed by atoms with van der Waals surface area (Å²) in [5.41, 5.74) is 0. The number of aliphatic hydroxyl groups is 2. The number of piperidine rings is 1. The Hall–Kier alpha value is -0.120. The van der Waals surface area contributed by atoms with Gasteiger partial charge in [-0.15, -0.1) is 0 Å². The zero-order chi connectivity index (χ0) is 8.01. The Labute approximate surface area is 66.6 Å². The molecule has 0 spiro atoms. The predicted octanol–water partition coefficient (Wildman–Crippen LogP) is -0.425. The van der Waals surface area contributed by atoms with E-state index < -0.39 is 0 Å². The van der Waals surface area contributed by atoms with E-state index in [-0.39, 0.29) is 18.2 Å². The number of hydrogen-bond donors (Lipinski definition) is 2. The highest BCUT2D eigenvalue weighted by atomic mass is 16.3. The predicted molar refractivity (Wildman–Crippen MR) is 41.2 cm³/mol. The van der Waals surface area contributed by atoms with Gasteiger partial charge in [-0.05, 0) is 26.3 Å². The minimum absolute atomic E-state index is 0.182. The molecule has 2 N–H and O–H groups in total. The number of fused-ring (bicyclic) bond motifs is 2. The molecule has 0 radical (unpaired) electrons. The molecular formula is C8H15NO2. The number of likely N-dealkylation sites (N-methyl/N-ethyl adjacent to an activating group) is 1. The average molecular weight is 157 g/mol. The fourth-order valence-electron chi connectivity index (χ4n) is 2.42. The van der Waals surface area contributed by atoms with E-state index in [1.165, 1.54) is 0 Å². The van der Waals surface area contributed by atoms with Crippen molar-refractivity contribution >= 4 is 0 Å². The second-order valence-electron chi connectivity index (χ2n) is 3.81. The minimum atomic E-state index is -0.206. The molecule has 2 aliphatic heterocycles. The van der Waals surface area contributed by atoms with Gasteiger partial charge in [0.05, 0.1) is 12.2 Å². The first-order chi connectivity index (χ1) is 5.18. The van der Waals surface area contributed by atoms with Crippen LogP contribution in [0.5, 0.6) is 0 Å². The molecule has 2 saturated heterocycles. The monoisotopic (exact) mass is 157 g/mol. The first kappa shape index (κ1) is 7.53. The molecule has 3 nitrogen and oxygen atoms in total. The van der Waals surface area contributed by atoms with Gasteiger partial charge in [0.1, 0.15) is 0 Å². The van der Waals surface area contributed by atoms with Gasteiger partial charge in [0.15, 0.2) is 0 Å². The highest BCUT2D eigenvalue weighted by Gasteiger charge is 2.43. The molecule has 2 rings (SSSR count). The molecular weight excluding hydrogens is 142 g/mol. The maximum Gasteiger partial charge on any atom is 0.0711 e. The van der Waals surface area contributed by atoms with Gasteiger partial charge >= 0.3 is 0 Å². The van der Waals surface area contributed by atoms with Crippen LogP contribution >= 0.6 is 0 Å². The molecule has 2 bridgehead atoms. The molecule has 3 heteroatoms. The Morgan fingerprint density at radius 3 is 2.55 bits per heavy atom. The third-order valence-corrected chi connectivity index (χ3v) is 3.11. The Bertz CT molecular complexity index is 160. The summed E-state index contributed by atoms with van der Waals surface area (Å²) in [6.07, 6.45) is 2.04. The molecule has 4 atom stereocenters. The Morgan fingerprint density at radius 1 is 1.18 bits per heavy atom. The van der Waals surface area contributed by atoms with Gasteiger partial charge in [-0.1, -0.05) is 0 Å². The van der Waals surface area contributed by atoms with Crippen molar-refractivity contribution in [2.45, 2.75) is 43.6 Å². The Balaban J connectivity index is 2.14. The normalized spacial score (nSPS) is 51.5. The van der Waals surface area contributed by atoms with E-state index in [1.54, 1.807) is 0 Å². The summed E-state index contributed by atoms with van der Waals surface area (Å²) < 4.78 is 0. The number of hydrogen-bond acceptors (Lipinski definition) is 3. The molecule has 64 valence electrons. The Morgan fingerprint density at radius 2 is 1.91 bits per heavy atom. The van der Waals surface area contributed by atoms with Crippen LogP contribution in [-0.4, -0.2) is 46.5 Å². The number of nitrogens with zero attached hydrogens (tertiary/aromatic N) is 1. The van der Waals surface area contributed by atoms with E-state index in [9.17, 15) is 10.2 Å². The number of rotatable bonds is 0. The van der Waals surface area contributed by atoms with Crippen molar-refractivity contribution in [2.75, 3.05) is 7.05 Å². The lowest BCUT2D eigenvalue weighted by molar-refractivity contribution is 0.0282. The van der Waals surface area contributed by atoms with Gasteiger partial charge in [-0.25, -0.2) is 0 Å². The lowest BCUT2D eigenvalue weighted by atomic mass is 10.0. The van der Waals surface area contributed by atoms with Gasteiger partial charge in [0.25, 0.3) is 0 Å². The third kappa shape index (κ3) is 1.08. The quantitative estimate of drug-likeness (QED) is 0.501. The zero-order valence-electron chi connectivity index (χ0n) is 6.77. The first-order valence-corrected chi connectivity index (χ1v) is 4.26. The standard InChI is InChI=1S/C8H15NO2/c1-9-5-2-6(10)4-7(9)8(11)3-5/h5-8,10-11H,2-4H2,1H3/t5-,6+,7+,8+/m1/s1. The second-order valence-corrected chi connectivity index (χ2v) is 3.81. The van der Waals surface area contributed by atoms with E-state index >= 15 is 0 Å². The van der Waals surface area contributed by atoms with Crippen LogP contribution in [-0.2, 0) is 0 Å². The molecule has 0 aromatic rings. The van der Waals surface area contributed by atoms with Crippen LogP contribution in [0.25, 0.3) is 0 Å². The first-order valence-electron chi connectivity index (χ1n) is 4.26. The van der Waals surface area contributed by atoms with Crippen LogP contribution in [0.1, 0.15) is 19.3 Å². The van der Waals surface area contributed by atoms with Crippen molar-refractivity contribution in [2.24, 2.45) is 0 Å². The van der Waals surface area contributed by atoms with Gasteiger partial charge < -0.3 is 10.2 Å². The minimum Gasteiger partial charge on any atom is -0.393 e. The molecule has 0 aliphatic carbocycles. The highest BCUT2D eigenvalue weighted by molar-refractivity contribution is 4.98. The van der Waals surface area contributed by atoms with Crippen LogP contribution in [0.15, 0.2) is 0 Å². The summed E-state index contributed by atoms with van der Waals surface area (Å²) >= 11 is 0. The summed E-state index contributed by atoms with van der Waals surface area (Å²) in [5.74, 6) is 0. The van der Waals surface area contributed by atoms with Crippen LogP contribution < -0.4 is 0 Å². The van der Waals surface area contributed by atoms with Gasteiger partial charge in [-0.3, -0.25) is 4.90 Å². The molecule has 0 aromatic carbocycles. The maximum absolute atomic E-state index is 9.53. The van der Waals surface area contributed by atoms with Crippen molar-refractivity contribution in [3.05, 3.63) is 0 Å². The van der Waals surface area contributed by atoms with Crippen LogP contribution in [0.4, 0.5) is 0 Å². The molecule has 0 aromatic heterocycles. The fourth-order valence-corrected chi connectivity index (χ4v) is 2.42. The molecule has 0 saturated carbocycles. The van der Waals surface area contributed by atoms with E-state index in [4.69, 9.17) is 0 Å². The highest BCUT2D eigenvalue weighted by Crippen LogP contribution is 2.34. The SMILES string of the molecule is CN1[C@@H]2C[C@H](O)C[C@H]1[C@@H](O)C2. The van der Waals surface area contributed by atoms with Gasteiger partial charge in [0, 0.05) is 12.1 Å². The van der Waals surface area contributed by atoms with Crippen LogP contribution in [0.2, 0.25) is 0 Å². The third-order valence-electron chi connectivity index (χ3n) is 3.11. The number of aliphatic hydroxyl groups excluding tert-OH is 2. The van der Waals surface area contributed by atoms with Crippen molar-refractivity contribution in [3.63, 3.8) is 0 Å². The fraction of sp³-hybridized carbons (Fsp3) is 1.00. The smallest absolute Gasteiger partial charge is 0.0711 e. The molecule has 0 amide bonds. The zero-order valence-corrected chi connectivity index (χ0v) is 6.77. The Kier molecular flexibility index (Phi) is 1.67. The largest absolute Gasteiger partial charge is 0.393 e. The summed E-state index contributed by atoms with van der Waals surface area (Å²) in [6.45, 7) is 0. The molecule has 0 unspecified atom stereocenters. The average Bonchev–Trinajstić information content (AvgIpc) is 2.17. The maximum atomic E-state index is 9.53. The van der Waals surface area contributed by atoms with Crippen molar-refractivity contribution in [3.8, 4) is 0 Å².